The summed E-state index contributed by atoms with van der Waals surface area (Å²) in [5, 5.41) is 3.60. The van der Waals surface area contributed by atoms with Crippen molar-refractivity contribution in [1.29, 1.82) is 0 Å². The van der Waals surface area contributed by atoms with Crippen LogP contribution in [0.5, 0.6) is 0 Å². The second-order valence-corrected chi connectivity index (χ2v) is 5.81. The number of thioether (sulfide) groups is 1. The third-order valence-corrected chi connectivity index (χ3v) is 4.05. The summed E-state index contributed by atoms with van der Waals surface area (Å²) in [7, 11) is 2.25. The highest BCUT2D eigenvalue weighted by Crippen LogP contribution is 2.18. The number of nitrogens with zero attached hydrogens (tertiary/aromatic N) is 1. The highest BCUT2D eigenvalue weighted by Gasteiger charge is 2.22. The second-order valence-electron chi connectivity index (χ2n) is 4.83. The average Bonchev–Trinajstić information content (AvgIpc) is 3.05. The van der Waals surface area contributed by atoms with Crippen molar-refractivity contribution in [1.82, 2.24) is 10.2 Å². The van der Waals surface area contributed by atoms with Crippen molar-refractivity contribution in [2.45, 2.75) is 51.2 Å². The second kappa shape index (κ2) is 6.77. The van der Waals surface area contributed by atoms with Gasteiger partial charge in [-0.25, -0.2) is 0 Å². The minimum Gasteiger partial charge on any atom is -0.312 e. The molecule has 0 aliphatic heterocycles. The molecule has 15 heavy (non-hydrogen) atoms. The Morgan fingerprint density at radius 2 is 2.00 bits per heavy atom. The highest BCUT2D eigenvalue weighted by molar-refractivity contribution is 7.98. The molecule has 2 atom stereocenters. The Balaban J connectivity index is 2.13. The van der Waals surface area contributed by atoms with E-state index in [4.69, 9.17) is 0 Å². The fourth-order valence-corrected chi connectivity index (χ4v) is 2.27. The largest absolute Gasteiger partial charge is 0.312 e. The van der Waals surface area contributed by atoms with Crippen molar-refractivity contribution in [3.8, 4) is 0 Å². The Morgan fingerprint density at radius 1 is 1.33 bits per heavy atom. The fraction of sp³-hybridized carbons (Fsp3) is 1.00. The molecule has 0 saturated heterocycles. The van der Waals surface area contributed by atoms with Gasteiger partial charge in [0.05, 0.1) is 0 Å². The summed E-state index contributed by atoms with van der Waals surface area (Å²) < 4.78 is 0. The van der Waals surface area contributed by atoms with Crippen LogP contribution < -0.4 is 5.32 Å². The van der Waals surface area contributed by atoms with Crippen LogP contribution in [-0.4, -0.2) is 48.6 Å². The first-order valence-corrected chi connectivity index (χ1v) is 7.48. The van der Waals surface area contributed by atoms with Gasteiger partial charge >= 0.3 is 0 Å². The van der Waals surface area contributed by atoms with Crippen molar-refractivity contribution in [2.75, 3.05) is 25.6 Å². The normalized spacial score (nSPS) is 20.6. The van der Waals surface area contributed by atoms with Crippen LogP contribution in [0, 0.1) is 0 Å². The van der Waals surface area contributed by atoms with E-state index < -0.39 is 0 Å². The summed E-state index contributed by atoms with van der Waals surface area (Å²) in [6.45, 7) is 5.81. The predicted octanol–water partition coefficient (Wildman–Crippen LogP) is 2.20. The van der Waals surface area contributed by atoms with Crippen molar-refractivity contribution >= 4 is 11.8 Å². The van der Waals surface area contributed by atoms with E-state index >= 15 is 0 Å². The Morgan fingerprint density at radius 3 is 2.53 bits per heavy atom. The van der Waals surface area contributed by atoms with Crippen LogP contribution in [-0.2, 0) is 0 Å². The molecule has 1 saturated carbocycles. The molecular formula is C12H26N2S. The van der Waals surface area contributed by atoms with Gasteiger partial charge in [-0.1, -0.05) is 0 Å². The van der Waals surface area contributed by atoms with Gasteiger partial charge in [0, 0.05) is 24.7 Å². The molecule has 1 N–H and O–H groups in total. The van der Waals surface area contributed by atoms with Gasteiger partial charge in [0.2, 0.25) is 0 Å². The summed E-state index contributed by atoms with van der Waals surface area (Å²) in [5.41, 5.74) is 0. The van der Waals surface area contributed by atoms with E-state index in [1.54, 1.807) is 0 Å². The Labute approximate surface area is 99.2 Å². The summed E-state index contributed by atoms with van der Waals surface area (Å²) in [5.74, 6) is 1.27. The molecule has 2 unspecified atom stereocenters. The highest BCUT2D eigenvalue weighted by atomic mass is 32.2. The van der Waals surface area contributed by atoms with Gasteiger partial charge in [0.1, 0.15) is 0 Å². The number of hydrogen-bond acceptors (Lipinski definition) is 3. The third kappa shape index (κ3) is 5.23. The van der Waals surface area contributed by atoms with Crippen LogP contribution in [0.1, 0.15) is 33.1 Å². The van der Waals surface area contributed by atoms with Crippen LogP contribution >= 0.6 is 11.8 Å². The molecule has 1 aliphatic carbocycles. The molecule has 0 spiro atoms. The number of nitrogens with one attached hydrogen (secondary N) is 1. The summed E-state index contributed by atoms with van der Waals surface area (Å²) in [6.07, 6.45) is 6.26. The Hall–Kier alpha value is 0.270. The van der Waals surface area contributed by atoms with E-state index in [1.165, 1.54) is 25.0 Å². The summed E-state index contributed by atoms with van der Waals surface area (Å²) in [6, 6.07) is 2.19. The first-order valence-electron chi connectivity index (χ1n) is 6.09. The van der Waals surface area contributed by atoms with Gasteiger partial charge in [-0.05, 0) is 52.2 Å². The topological polar surface area (TPSA) is 15.3 Å². The zero-order valence-electron chi connectivity index (χ0n) is 10.6. The maximum Gasteiger partial charge on any atom is 0.0192 e. The van der Waals surface area contributed by atoms with E-state index in [2.05, 4.69) is 37.4 Å². The molecule has 0 radical (unpaired) electrons. The molecule has 0 heterocycles. The van der Waals surface area contributed by atoms with E-state index in [0.717, 1.165) is 12.6 Å². The maximum absolute atomic E-state index is 3.60. The maximum atomic E-state index is 3.60. The first kappa shape index (κ1) is 13.3. The van der Waals surface area contributed by atoms with E-state index in [0.29, 0.717) is 12.1 Å². The third-order valence-electron chi connectivity index (χ3n) is 3.41. The zero-order chi connectivity index (χ0) is 11.3. The Bertz CT molecular complexity index is 171. The van der Waals surface area contributed by atoms with E-state index in [1.807, 2.05) is 11.8 Å². The standard InChI is InChI=1S/C12H26N2S/c1-10(7-8-15-4)14(3)11(2)9-13-12-5-6-12/h10-13H,5-9H2,1-4H3. The molecule has 3 heteroatoms. The molecule has 1 rings (SSSR count). The first-order chi connectivity index (χ1) is 7.15. The van der Waals surface area contributed by atoms with Crippen LogP contribution in [0.4, 0.5) is 0 Å². The molecule has 0 aromatic carbocycles. The van der Waals surface area contributed by atoms with E-state index in [9.17, 15) is 0 Å². The van der Waals surface area contributed by atoms with Gasteiger partial charge in [-0.2, -0.15) is 11.8 Å². The minimum atomic E-state index is 0.655. The molecule has 0 bridgehead atoms. The van der Waals surface area contributed by atoms with Gasteiger partial charge in [-0.15, -0.1) is 0 Å². The molecule has 0 aromatic rings. The van der Waals surface area contributed by atoms with Crippen LogP contribution in [0.25, 0.3) is 0 Å². The lowest BCUT2D eigenvalue weighted by Gasteiger charge is -2.31. The fourth-order valence-electron chi connectivity index (χ4n) is 1.70. The predicted molar refractivity (Wildman–Crippen MR) is 70.7 cm³/mol. The quantitative estimate of drug-likeness (QED) is 0.688. The smallest absolute Gasteiger partial charge is 0.0192 e. The van der Waals surface area contributed by atoms with Crippen molar-refractivity contribution in [3.63, 3.8) is 0 Å². The van der Waals surface area contributed by atoms with Gasteiger partial charge in [0.25, 0.3) is 0 Å². The van der Waals surface area contributed by atoms with Gasteiger partial charge in [0.15, 0.2) is 0 Å². The number of rotatable bonds is 8. The van der Waals surface area contributed by atoms with Crippen LogP contribution in [0.3, 0.4) is 0 Å². The van der Waals surface area contributed by atoms with Crippen molar-refractivity contribution in [2.24, 2.45) is 0 Å². The van der Waals surface area contributed by atoms with Crippen molar-refractivity contribution in [3.05, 3.63) is 0 Å². The summed E-state index contributed by atoms with van der Waals surface area (Å²) >= 11 is 1.95. The average molecular weight is 230 g/mol. The van der Waals surface area contributed by atoms with Crippen molar-refractivity contribution < 1.29 is 0 Å². The summed E-state index contributed by atoms with van der Waals surface area (Å²) in [4.78, 5) is 2.51. The van der Waals surface area contributed by atoms with Gasteiger partial charge in [-0.3, -0.25) is 4.90 Å². The molecule has 0 aromatic heterocycles. The number of hydrogen-bond donors (Lipinski definition) is 1. The molecular weight excluding hydrogens is 204 g/mol. The van der Waals surface area contributed by atoms with Crippen LogP contribution in [0.15, 0.2) is 0 Å². The Kier molecular flexibility index (Phi) is 6.02. The number of likely N-dealkylation sites (N-methyl/N-ethyl adjacent to an activating group) is 1. The SMILES string of the molecule is CSCCC(C)N(C)C(C)CNC1CC1. The van der Waals surface area contributed by atoms with Gasteiger partial charge < -0.3 is 5.32 Å². The zero-order valence-corrected chi connectivity index (χ0v) is 11.4. The minimum absolute atomic E-state index is 0.655. The van der Waals surface area contributed by atoms with E-state index in [-0.39, 0.29) is 0 Å². The molecule has 2 nitrogen and oxygen atoms in total. The lowest BCUT2D eigenvalue weighted by Crippen LogP contribution is -2.43. The lowest BCUT2D eigenvalue weighted by molar-refractivity contribution is 0.188. The molecule has 0 amide bonds. The lowest BCUT2D eigenvalue weighted by atomic mass is 10.2. The molecule has 1 fully saturated rings. The monoisotopic (exact) mass is 230 g/mol. The molecule has 90 valence electrons. The van der Waals surface area contributed by atoms with Crippen LogP contribution in [0.2, 0.25) is 0 Å². The molecule has 1 aliphatic rings.